The molecule has 0 atom stereocenters. The second kappa shape index (κ2) is 50.4. The van der Waals surface area contributed by atoms with Gasteiger partial charge in [0.1, 0.15) is 27.2 Å². The van der Waals surface area contributed by atoms with Crippen LogP contribution in [-0.2, 0) is 13.9 Å². The maximum Gasteiger partial charge on any atom is 0.388 e. The van der Waals surface area contributed by atoms with Crippen molar-refractivity contribution in [2.75, 3.05) is 21.7 Å². The third-order valence-corrected chi connectivity index (χ3v) is 23.1. The highest BCUT2D eigenvalue weighted by Gasteiger charge is 2.48. The molecule has 15 aromatic rings. The molecule has 1 amide bonds. The summed E-state index contributed by atoms with van der Waals surface area (Å²) in [5, 5.41) is 36.0. The van der Waals surface area contributed by atoms with E-state index in [-0.39, 0.29) is 17.1 Å². The van der Waals surface area contributed by atoms with Crippen LogP contribution < -0.4 is 27.1 Å². The number of carbonyl (C=O) groups is 2. The number of nitrogen functional groups attached to an aromatic ring is 2. The van der Waals surface area contributed by atoms with E-state index in [9.17, 15) is 14.2 Å². The Balaban J connectivity index is 0.000000205. The van der Waals surface area contributed by atoms with Crippen LogP contribution >= 0.6 is 137 Å². The molecule has 672 valence electrons. The molecule has 9 N–H and O–H groups in total. The highest BCUT2D eigenvalue weighted by molar-refractivity contribution is 14.1. The molecular formula is C100H101B3Br4Cl4IN8O9P. The van der Waals surface area contributed by atoms with Gasteiger partial charge in [0.25, 0.3) is 11.1 Å². The molecule has 0 saturated carbocycles. The van der Waals surface area contributed by atoms with Crippen LogP contribution in [0.5, 0.6) is 0 Å². The van der Waals surface area contributed by atoms with E-state index in [4.69, 9.17) is 78.4 Å². The number of halogens is 9. The summed E-state index contributed by atoms with van der Waals surface area (Å²) in [5.74, 6) is 1.76. The summed E-state index contributed by atoms with van der Waals surface area (Å²) in [6, 6.07) is 110. The van der Waals surface area contributed by atoms with Crippen LogP contribution in [-0.4, -0.2) is 107 Å². The SMILES string of the molecule is Brc1ccc(-c2nc3ccccc3n2-c2ccccc2)cc1.Brc1ccc(I)cc1.CC(C)(O)C(C)(C)O.CC(C)(O)C(C)(C)O.Nc1ccccc1N(C(=O)c1ccc(Br)cc1)c1ccccc1.Nc1ccccc1Nc1ccccc1.O=C(Cl)c1ccc(Br)cc1.O=P(Cl)(Cl)Cl.[B]B1OC(C)(C)C(C)(C)O1.[B]c1ccc(-c2nc3ccccc3n2-c2ccccc2)cc1. The van der Waals surface area contributed by atoms with Crippen molar-refractivity contribution in [2.45, 2.75) is 117 Å². The van der Waals surface area contributed by atoms with Crippen molar-refractivity contribution in [2.24, 2.45) is 0 Å². The lowest BCUT2D eigenvalue weighted by atomic mass is 9.63. The number of amides is 1. The number of carbonyl (C=O) groups excluding carboxylic acids is 2. The molecule has 1 saturated heterocycles. The maximum atomic E-state index is 13.1. The van der Waals surface area contributed by atoms with Crippen molar-refractivity contribution in [1.29, 1.82) is 0 Å². The number of nitrogens with two attached hydrogens (primary N) is 2. The first-order chi connectivity index (χ1) is 61.0. The summed E-state index contributed by atoms with van der Waals surface area (Å²) in [7, 11) is 10.7. The van der Waals surface area contributed by atoms with Crippen LogP contribution in [0.2, 0.25) is 0 Å². The Morgan fingerprint density at radius 3 is 1.12 bits per heavy atom. The maximum absolute atomic E-state index is 13.1. The van der Waals surface area contributed by atoms with Crippen LogP contribution in [0.4, 0.5) is 34.1 Å². The van der Waals surface area contributed by atoms with Gasteiger partial charge in [-0.3, -0.25) is 28.2 Å². The first-order valence-electron chi connectivity index (χ1n) is 40.4. The zero-order valence-electron chi connectivity index (χ0n) is 73.6. The number of imidazole rings is 2. The normalized spacial score (nSPS) is 12.3. The zero-order chi connectivity index (χ0) is 96.0. The van der Waals surface area contributed by atoms with Gasteiger partial charge >= 0.3 is 12.2 Å². The van der Waals surface area contributed by atoms with Crippen molar-refractivity contribution in [1.82, 2.24) is 19.1 Å². The highest BCUT2D eigenvalue weighted by atomic mass is 127. The molecule has 13 aromatic carbocycles. The van der Waals surface area contributed by atoms with Gasteiger partial charge < -0.3 is 46.5 Å². The number of fused-ring (bicyclic) bond motifs is 2. The third-order valence-electron chi connectivity index (χ3n) is 20.1. The Kier molecular flexibility index (Phi) is 42.0. The predicted molar refractivity (Wildman–Crippen MR) is 568 cm³/mol. The minimum Gasteiger partial charge on any atom is -0.411 e. The van der Waals surface area contributed by atoms with E-state index in [1.807, 2.05) is 240 Å². The minimum atomic E-state index is -3.22. The monoisotopic (exact) mass is 2200 g/mol. The molecule has 17 nitrogen and oxygen atoms in total. The van der Waals surface area contributed by atoms with Gasteiger partial charge in [0.2, 0.25) is 0 Å². The van der Waals surface area contributed by atoms with Crippen LogP contribution in [0.3, 0.4) is 0 Å². The van der Waals surface area contributed by atoms with Gasteiger partial charge in [-0.15, -0.1) is 0 Å². The molecule has 130 heavy (non-hydrogen) atoms. The van der Waals surface area contributed by atoms with Gasteiger partial charge in [0.15, 0.2) is 0 Å². The van der Waals surface area contributed by atoms with Gasteiger partial charge in [0.05, 0.1) is 78.4 Å². The number of aliphatic hydroxyl groups is 4. The number of rotatable bonds is 12. The van der Waals surface area contributed by atoms with Gasteiger partial charge in [0, 0.05) is 66.5 Å². The summed E-state index contributed by atoms with van der Waals surface area (Å²) >= 11 is 34.8. The molecule has 1 fully saturated rings. The summed E-state index contributed by atoms with van der Waals surface area (Å²) in [6.07, 6.45) is 0. The number of nitrogens with one attached hydrogen (secondary N) is 1. The number of hydrogen-bond donors (Lipinski definition) is 7. The fraction of sp³-hybridized carbons (Fsp3) is 0.180. The van der Waals surface area contributed by atoms with Gasteiger partial charge in [-0.05, 0) is 333 Å². The molecule has 0 unspecified atom stereocenters. The van der Waals surface area contributed by atoms with E-state index >= 15 is 0 Å². The summed E-state index contributed by atoms with van der Waals surface area (Å²) in [6.45, 7) is 20.5. The van der Waals surface area contributed by atoms with Crippen LogP contribution in [0, 0.1) is 3.57 Å². The van der Waals surface area contributed by atoms with Crippen LogP contribution in [0.1, 0.15) is 104 Å². The van der Waals surface area contributed by atoms with Gasteiger partial charge in [-0.25, -0.2) is 9.97 Å². The van der Waals surface area contributed by atoms with E-state index in [2.05, 4.69) is 219 Å². The Hall–Kier alpha value is -8.67. The molecule has 1 aliphatic heterocycles. The molecule has 2 aromatic heterocycles. The van der Waals surface area contributed by atoms with Crippen molar-refractivity contribution in [3.05, 3.63) is 372 Å². The Morgan fingerprint density at radius 2 is 0.769 bits per heavy atom. The Labute approximate surface area is 832 Å². The molecule has 30 heteroatoms. The van der Waals surface area contributed by atoms with Crippen molar-refractivity contribution < 1.29 is 43.9 Å². The summed E-state index contributed by atoms with van der Waals surface area (Å²) in [4.78, 5) is 34.9. The molecule has 16 rings (SSSR count). The largest absolute Gasteiger partial charge is 0.411 e. The second-order valence-corrected chi connectivity index (χ2v) is 43.8. The predicted octanol–water partition coefficient (Wildman–Crippen LogP) is 27.5. The lowest BCUT2D eigenvalue weighted by Gasteiger charge is -2.32. The number of anilines is 6. The molecule has 1 aliphatic rings. The molecule has 4 radical (unpaired) electrons. The molecule has 0 spiro atoms. The number of nitrogens with zero attached hydrogens (tertiary/aromatic N) is 5. The van der Waals surface area contributed by atoms with Gasteiger partial charge in [-0.1, -0.05) is 227 Å². The van der Waals surface area contributed by atoms with E-state index in [0.717, 1.165) is 102 Å². The lowest BCUT2D eigenvalue weighted by Crippen LogP contribution is -2.44. The van der Waals surface area contributed by atoms with Crippen molar-refractivity contribution >= 4 is 232 Å². The topological polar surface area (TPSA) is 254 Å². The van der Waals surface area contributed by atoms with Crippen LogP contribution in [0.15, 0.2) is 358 Å². The third kappa shape index (κ3) is 35.1. The number of aromatic nitrogens is 4. The smallest absolute Gasteiger partial charge is 0.388 e. The van der Waals surface area contributed by atoms with Crippen LogP contribution in [0.25, 0.3) is 56.2 Å². The van der Waals surface area contributed by atoms with E-state index in [0.29, 0.717) is 22.5 Å². The van der Waals surface area contributed by atoms with Crippen molar-refractivity contribution in [3.8, 4) is 34.2 Å². The first kappa shape index (κ1) is 108. The van der Waals surface area contributed by atoms with E-state index in [1.165, 1.54) is 3.57 Å². The Bertz CT molecular complexity index is 5840. The quantitative estimate of drug-likeness (QED) is 0.0198. The number of hydrogen-bond acceptors (Lipinski definition) is 14. The molecule has 0 bridgehead atoms. The second-order valence-electron chi connectivity index (χ2n) is 31.9. The average molecular weight is 2210 g/mol. The van der Waals surface area contributed by atoms with E-state index < -0.39 is 39.9 Å². The molecular weight excluding hydrogens is 2110 g/mol. The first-order valence-corrected chi connectivity index (χ1v) is 49.5. The fourth-order valence-electron chi connectivity index (χ4n) is 10.9. The molecule has 3 heterocycles. The standard InChI is InChI=1S/C19H13BN2.C19H15BrN2O.C19H13BrN2.C12H12N2.C7H4BrClO.C6H12B2O2.C6H4BrI.2C6H14O2.Cl3OP/c20-15-12-10-14(11-13-15)19-21-17-8-4-5-9-18(17)22(19)16-6-2-1-3-7-16;20-15-12-10-14(11-13-15)19(23)22(16-6-2-1-3-7-16)18-9-5-4-8-17(18)21;20-15-12-10-14(11-13-15)19-21-17-8-4-5-9-18(17)22(19)16-6-2-1-3-7-16;13-11-8-4-5-9-12(11)14-10-6-2-1-3-7-10;8-6-3-1-5(2-4-6)7(9)10;1-5(2)6(3,4)10-8(7)9-5;7-5-1-3-6(8)4-2-5;2*1-5(2,7)6(3,4)8;1-5(2,3)4/h1-13H;1-13H,21H2;1-13H;1-9,14H,13H2;1-4H;1-4H3;1-4H;2*7-8H,1-4H3;. The fourth-order valence-corrected chi connectivity index (χ4v) is 12.4. The van der Waals surface area contributed by atoms with Crippen molar-refractivity contribution in [3.63, 3.8) is 0 Å². The average Bonchev–Trinajstić information content (AvgIpc) is 1.62. The highest BCUT2D eigenvalue weighted by Crippen LogP contribution is 2.61. The Morgan fingerprint density at radius 1 is 0.454 bits per heavy atom. The number of benzene rings is 13. The lowest BCUT2D eigenvalue weighted by molar-refractivity contribution is -0.107. The zero-order valence-corrected chi connectivity index (χ0v) is 86.1. The molecule has 0 aliphatic carbocycles. The number of para-hydroxylation sites is 12. The summed E-state index contributed by atoms with van der Waals surface area (Å²) < 4.78 is 29.9. The minimum absolute atomic E-state index is 0.124. The summed E-state index contributed by atoms with van der Waals surface area (Å²) in [5.41, 5.74) is 22.5. The van der Waals surface area contributed by atoms with E-state index in [1.54, 1.807) is 103 Å². The van der Waals surface area contributed by atoms with Gasteiger partial charge in [-0.2, -0.15) is 0 Å².